The highest BCUT2D eigenvalue weighted by atomic mass is 35.5. The van der Waals surface area contributed by atoms with Crippen LogP contribution >= 0.6 is 34.5 Å². The normalized spacial score (nSPS) is 11.9. The molecule has 9 heteroatoms. The first-order valence-corrected chi connectivity index (χ1v) is 11.5. The van der Waals surface area contributed by atoms with Gasteiger partial charge in [-0.25, -0.2) is 4.98 Å². The fraction of sp³-hybridized carbons (Fsp3) is 0.0833. The summed E-state index contributed by atoms with van der Waals surface area (Å²) in [6, 6.07) is 17.8. The Bertz CT molecular complexity index is 1340. The van der Waals surface area contributed by atoms with Crippen LogP contribution in [0, 0.1) is 0 Å². The highest BCUT2D eigenvalue weighted by Gasteiger charge is 2.17. The van der Waals surface area contributed by atoms with Crippen LogP contribution in [-0.2, 0) is 6.61 Å². The summed E-state index contributed by atoms with van der Waals surface area (Å²) < 4.78 is 16.7. The van der Waals surface area contributed by atoms with E-state index in [1.165, 1.54) is 11.3 Å². The minimum Gasteiger partial charge on any atom is -0.488 e. The molecule has 166 valence electrons. The van der Waals surface area contributed by atoms with E-state index in [2.05, 4.69) is 10.3 Å². The Morgan fingerprint density at radius 2 is 1.91 bits per heavy atom. The lowest BCUT2D eigenvalue weighted by Crippen LogP contribution is -2.13. The molecule has 4 aromatic rings. The molecule has 1 aliphatic rings. The molecule has 1 aromatic heterocycles. The Kier molecular flexibility index (Phi) is 6.09. The highest BCUT2D eigenvalue weighted by molar-refractivity contribution is 7.14. The molecule has 0 spiro atoms. The summed E-state index contributed by atoms with van der Waals surface area (Å²) in [4.78, 5) is 17.5. The SMILES string of the molecule is O=C(Nc1nc(-c2ccc3c(c2)OCO3)cs1)c1ccccc1OCc1ccc(Cl)cc1Cl. The molecule has 33 heavy (non-hydrogen) atoms. The number of amides is 1. The van der Waals surface area contributed by atoms with Crippen molar-refractivity contribution in [2.75, 3.05) is 12.1 Å². The van der Waals surface area contributed by atoms with E-state index in [0.717, 1.165) is 16.8 Å². The summed E-state index contributed by atoms with van der Waals surface area (Å²) in [6.45, 7) is 0.411. The summed E-state index contributed by atoms with van der Waals surface area (Å²) in [5.41, 5.74) is 2.77. The summed E-state index contributed by atoms with van der Waals surface area (Å²) in [5, 5.41) is 6.25. The fourth-order valence-corrected chi connectivity index (χ4v) is 4.44. The number of rotatable bonds is 6. The fourth-order valence-electron chi connectivity index (χ4n) is 3.26. The van der Waals surface area contributed by atoms with Gasteiger partial charge in [-0.15, -0.1) is 11.3 Å². The third kappa shape index (κ3) is 4.75. The van der Waals surface area contributed by atoms with Crippen molar-refractivity contribution >= 4 is 45.6 Å². The quantitative estimate of drug-likeness (QED) is 0.321. The van der Waals surface area contributed by atoms with Crippen LogP contribution in [0.5, 0.6) is 17.2 Å². The third-order valence-corrected chi connectivity index (χ3v) is 6.27. The Morgan fingerprint density at radius 3 is 2.79 bits per heavy atom. The number of ether oxygens (including phenoxy) is 3. The minimum absolute atomic E-state index is 0.200. The zero-order chi connectivity index (χ0) is 22.8. The van der Waals surface area contributed by atoms with Crippen molar-refractivity contribution in [2.45, 2.75) is 6.61 Å². The molecule has 0 radical (unpaired) electrons. The van der Waals surface area contributed by atoms with Crippen molar-refractivity contribution in [3.63, 3.8) is 0 Å². The Balaban J connectivity index is 1.30. The number of anilines is 1. The first-order valence-electron chi connectivity index (χ1n) is 9.89. The summed E-state index contributed by atoms with van der Waals surface area (Å²) >= 11 is 13.5. The lowest BCUT2D eigenvalue weighted by Gasteiger charge is -2.12. The number of carbonyl (C=O) groups excluding carboxylic acids is 1. The Labute approximate surface area is 203 Å². The molecule has 0 bridgehead atoms. The maximum absolute atomic E-state index is 13.0. The van der Waals surface area contributed by atoms with Gasteiger partial charge in [0, 0.05) is 26.6 Å². The van der Waals surface area contributed by atoms with E-state index >= 15 is 0 Å². The van der Waals surface area contributed by atoms with Crippen molar-refractivity contribution in [1.82, 2.24) is 4.98 Å². The maximum Gasteiger partial charge on any atom is 0.261 e. The van der Waals surface area contributed by atoms with Crippen molar-refractivity contribution in [1.29, 1.82) is 0 Å². The van der Waals surface area contributed by atoms with E-state index in [0.29, 0.717) is 38.0 Å². The molecule has 0 atom stereocenters. The van der Waals surface area contributed by atoms with Gasteiger partial charge in [-0.1, -0.05) is 41.4 Å². The van der Waals surface area contributed by atoms with E-state index in [9.17, 15) is 4.79 Å². The first-order chi connectivity index (χ1) is 16.1. The average molecular weight is 499 g/mol. The molecule has 1 amide bonds. The van der Waals surface area contributed by atoms with E-state index in [-0.39, 0.29) is 19.3 Å². The van der Waals surface area contributed by atoms with Crippen molar-refractivity contribution in [2.24, 2.45) is 0 Å². The van der Waals surface area contributed by atoms with Crippen LogP contribution in [0.1, 0.15) is 15.9 Å². The standard InChI is InChI=1S/C24H16Cl2N2O4S/c25-16-7-5-15(18(26)10-16)11-30-20-4-2-1-3-17(20)23(29)28-24-27-19(12-33-24)14-6-8-21-22(9-14)32-13-31-21/h1-10,12H,11,13H2,(H,27,28,29). The zero-order valence-electron chi connectivity index (χ0n) is 17.0. The van der Waals surface area contributed by atoms with Crippen LogP contribution in [0.4, 0.5) is 5.13 Å². The molecule has 5 rings (SSSR count). The number of aromatic nitrogens is 1. The monoisotopic (exact) mass is 498 g/mol. The first kappa shape index (κ1) is 21.6. The second-order valence-corrected chi connectivity index (χ2v) is 8.78. The van der Waals surface area contributed by atoms with E-state index in [4.69, 9.17) is 37.4 Å². The second kappa shape index (κ2) is 9.31. The number of fused-ring (bicyclic) bond motifs is 1. The Hall–Kier alpha value is -3.26. The summed E-state index contributed by atoms with van der Waals surface area (Å²) in [7, 11) is 0. The van der Waals surface area contributed by atoms with Crippen LogP contribution in [-0.4, -0.2) is 17.7 Å². The largest absolute Gasteiger partial charge is 0.488 e. The number of thiazole rings is 1. The van der Waals surface area contributed by atoms with Crippen LogP contribution < -0.4 is 19.5 Å². The average Bonchev–Trinajstić information content (AvgIpc) is 3.47. The van der Waals surface area contributed by atoms with Crippen molar-refractivity contribution in [3.05, 3.63) is 87.2 Å². The molecule has 2 heterocycles. The Morgan fingerprint density at radius 1 is 1.06 bits per heavy atom. The number of nitrogens with zero attached hydrogens (tertiary/aromatic N) is 1. The van der Waals surface area contributed by atoms with Gasteiger partial charge in [0.25, 0.3) is 5.91 Å². The van der Waals surface area contributed by atoms with Gasteiger partial charge in [0.15, 0.2) is 16.6 Å². The molecule has 0 aliphatic carbocycles. The summed E-state index contributed by atoms with van der Waals surface area (Å²) in [6.07, 6.45) is 0. The highest BCUT2D eigenvalue weighted by Crippen LogP contribution is 2.36. The van der Waals surface area contributed by atoms with E-state index in [1.807, 2.05) is 23.6 Å². The van der Waals surface area contributed by atoms with Gasteiger partial charge in [-0.2, -0.15) is 0 Å². The van der Waals surface area contributed by atoms with Crippen LogP contribution in [0.3, 0.4) is 0 Å². The number of carbonyl (C=O) groups is 1. The predicted octanol–water partition coefficient (Wildman–Crippen LogP) is 6.68. The van der Waals surface area contributed by atoms with Gasteiger partial charge in [0.05, 0.1) is 11.3 Å². The van der Waals surface area contributed by atoms with Crippen LogP contribution in [0.2, 0.25) is 10.0 Å². The third-order valence-electron chi connectivity index (χ3n) is 4.92. The maximum atomic E-state index is 13.0. The van der Waals surface area contributed by atoms with Crippen molar-refractivity contribution in [3.8, 4) is 28.5 Å². The summed E-state index contributed by atoms with van der Waals surface area (Å²) in [5.74, 6) is 1.50. The van der Waals surface area contributed by atoms with E-state index in [1.54, 1.807) is 42.5 Å². The zero-order valence-corrected chi connectivity index (χ0v) is 19.3. The van der Waals surface area contributed by atoms with Gasteiger partial charge in [-0.3, -0.25) is 10.1 Å². The number of hydrogen-bond donors (Lipinski definition) is 1. The number of halogens is 2. The van der Waals surface area contributed by atoms with Gasteiger partial charge in [0.1, 0.15) is 12.4 Å². The lowest BCUT2D eigenvalue weighted by atomic mass is 10.1. The second-order valence-electron chi connectivity index (χ2n) is 7.08. The van der Waals surface area contributed by atoms with Gasteiger partial charge in [0.2, 0.25) is 6.79 Å². The lowest BCUT2D eigenvalue weighted by molar-refractivity contribution is 0.102. The molecule has 3 aromatic carbocycles. The van der Waals surface area contributed by atoms with E-state index < -0.39 is 0 Å². The molecule has 1 aliphatic heterocycles. The van der Waals surface area contributed by atoms with Crippen molar-refractivity contribution < 1.29 is 19.0 Å². The molecule has 0 fully saturated rings. The van der Waals surface area contributed by atoms with Gasteiger partial charge in [-0.05, 0) is 42.5 Å². The molecular weight excluding hydrogens is 483 g/mol. The molecule has 0 unspecified atom stereocenters. The van der Waals surface area contributed by atoms with Gasteiger partial charge < -0.3 is 14.2 Å². The van der Waals surface area contributed by atoms with Gasteiger partial charge >= 0.3 is 0 Å². The molecule has 1 N–H and O–H groups in total. The number of hydrogen-bond acceptors (Lipinski definition) is 6. The molecular formula is C24H16Cl2N2O4S. The number of para-hydroxylation sites is 1. The number of benzene rings is 3. The predicted molar refractivity (Wildman–Crippen MR) is 129 cm³/mol. The smallest absolute Gasteiger partial charge is 0.261 e. The molecule has 0 saturated heterocycles. The molecule has 6 nitrogen and oxygen atoms in total. The minimum atomic E-state index is -0.320. The molecule has 0 saturated carbocycles. The number of nitrogens with one attached hydrogen (secondary N) is 1. The topological polar surface area (TPSA) is 69.7 Å². The van der Waals surface area contributed by atoms with Crippen LogP contribution in [0.25, 0.3) is 11.3 Å². The van der Waals surface area contributed by atoms with Crippen LogP contribution in [0.15, 0.2) is 66.0 Å².